The lowest BCUT2D eigenvalue weighted by molar-refractivity contribution is -0.144. The van der Waals surface area contributed by atoms with E-state index in [0.29, 0.717) is 18.1 Å². The lowest BCUT2D eigenvalue weighted by Gasteiger charge is -2.12. The van der Waals surface area contributed by atoms with Gasteiger partial charge in [-0.1, -0.05) is 44.2 Å². The number of benzene rings is 2. The van der Waals surface area contributed by atoms with E-state index in [1.165, 1.54) is 6.08 Å². The molecule has 2 aromatic rings. The van der Waals surface area contributed by atoms with Gasteiger partial charge in [0.2, 0.25) is 0 Å². The number of carbonyl (C=O) groups excluding carboxylic acids is 1. The molecule has 0 unspecified atom stereocenters. The smallest absolute Gasteiger partial charge is 0.344 e. The van der Waals surface area contributed by atoms with Crippen LogP contribution in [0, 0.1) is 0 Å². The van der Waals surface area contributed by atoms with Crippen LogP contribution < -0.4 is 9.47 Å². The summed E-state index contributed by atoms with van der Waals surface area (Å²) in [6.45, 7) is 6.21. The van der Waals surface area contributed by atoms with Crippen LogP contribution in [-0.4, -0.2) is 32.0 Å². The fourth-order valence-electron chi connectivity index (χ4n) is 2.16. The maximum atomic E-state index is 11.5. The minimum absolute atomic E-state index is 0.167. The maximum Gasteiger partial charge on any atom is 0.344 e. The van der Waals surface area contributed by atoms with E-state index < -0.39 is 5.97 Å². The highest BCUT2D eigenvalue weighted by Crippen LogP contribution is 2.25. The third-order valence-corrected chi connectivity index (χ3v) is 3.57. The van der Waals surface area contributed by atoms with Crippen molar-refractivity contribution in [2.45, 2.75) is 19.8 Å². The largest absolute Gasteiger partial charge is 0.493 e. The van der Waals surface area contributed by atoms with Crippen molar-refractivity contribution in [2.24, 2.45) is 4.99 Å². The van der Waals surface area contributed by atoms with Gasteiger partial charge in [-0.05, 0) is 30.7 Å². The van der Waals surface area contributed by atoms with Crippen LogP contribution in [0.3, 0.4) is 0 Å². The van der Waals surface area contributed by atoms with Gasteiger partial charge in [0.15, 0.2) is 6.61 Å². The quantitative estimate of drug-likeness (QED) is 0.249. The van der Waals surface area contributed by atoms with E-state index in [1.54, 1.807) is 18.3 Å². The zero-order valence-corrected chi connectivity index (χ0v) is 15.6. The Morgan fingerprint density at radius 1 is 1.15 bits per heavy atom. The molecule has 5 heteroatoms. The third-order valence-electron chi connectivity index (χ3n) is 3.57. The zero-order chi connectivity index (χ0) is 19.3. The Balaban J connectivity index is 2.09. The van der Waals surface area contributed by atoms with E-state index in [-0.39, 0.29) is 13.2 Å². The van der Waals surface area contributed by atoms with Crippen LogP contribution in [0.1, 0.15) is 25.3 Å². The van der Waals surface area contributed by atoms with Crippen LogP contribution in [-0.2, 0) is 9.53 Å². The molecule has 0 aliphatic carbocycles. The summed E-state index contributed by atoms with van der Waals surface area (Å²) in [5, 5.41) is 0. The molecule has 0 heterocycles. The van der Waals surface area contributed by atoms with E-state index in [2.05, 4.69) is 18.5 Å². The van der Waals surface area contributed by atoms with Gasteiger partial charge in [0.25, 0.3) is 0 Å². The molecular formula is C22H25NO4. The van der Waals surface area contributed by atoms with Crippen LogP contribution in [0.5, 0.6) is 11.5 Å². The molecule has 2 aromatic carbocycles. The van der Waals surface area contributed by atoms with Crippen LogP contribution in [0.25, 0.3) is 0 Å². The maximum absolute atomic E-state index is 11.5. The number of ether oxygens (including phenoxy) is 3. The first kappa shape index (κ1) is 20.2. The summed E-state index contributed by atoms with van der Waals surface area (Å²) >= 11 is 0. The lowest BCUT2D eigenvalue weighted by atomic mass is 10.2. The Hall–Kier alpha value is -3.08. The van der Waals surface area contributed by atoms with Crippen molar-refractivity contribution in [1.29, 1.82) is 0 Å². The summed E-state index contributed by atoms with van der Waals surface area (Å²) in [5.41, 5.74) is 1.71. The molecule has 27 heavy (non-hydrogen) atoms. The minimum atomic E-state index is -0.446. The molecule has 142 valence electrons. The van der Waals surface area contributed by atoms with Gasteiger partial charge in [0.05, 0.1) is 12.3 Å². The minimum Gasteiger partial charge on any atom is -0.493 e. The molecule has 0 atom stereocenters. The highest BCUT2D eigenvalue weighted by atomic mass is 16.6. The summed E-state index contributed by atoms with van der Waals surface area (Å²) in [6.07, 6.45) is 5.27. The van der Waals surface area contributed by atoms with Crippen LogP contribution >= 0.6 is 0 Å². The van der Waals surface area contributed by atoms with E-state index >= 15 is 0 Å². The van der Waals surface area contributed by atoms with Crippen molar-refractivity contribution >= 4 is 17.9 Å². The average molecular weight is 367 g/mol. The first-order valence-electron chi connectivity index (χ1n) is 8.98. The molecule has 0 aliphatic heterocycles. The van der Waals surface area contributed by atoms with Crippen molar-refractivity contribution in [1.82, 2.24) is 0 Å². The molecule has 0 amide bonds. The standard InChI is InChI=1S/C22H25NO4/c1-3-5-14-25-21-15-20(27-17-22(24)26-13-4-2)12-11-18(21)16-23-19-9-7-6-8-10-19/h4,6-12,15-16H,2-3,5,13-14,17H2,1H3. The number of unbranched alkanes of at least 4 members (excludes halogenated alkanes) is 1. The van der Waals surface area contributed by atoms with Gasteiger partial charge in [0, 0.05) is 17.8 Å². The van der Waals surface area contributed by atoms with Gasteiger partial charge in [0.1, 0.15) is 18.1 Å². The average Bonchev–Trinajstić information content (AvgIpc) is 2.71. The van der Waals surface area contributed by atoms with E-state index in [1.807, 2.05) is 36.4 Å². The molecule has 0 aromatic heterocycles. The SMILES string of the molecule is C=CCOC(=O)COc1ccc(C=Nc2ccccc2)c(OCCCC)c1. The summed E-state index contributed by atoms with van der Waals surface area (Å²) in [4.78, 5) is 16.0. The second-order valence-corrected chi connectivity index (χ2v) is 5.76. The van der Waals surface area contributed by atoms with Crippen LogP contribution in [0.4, 0.5) is 5.69 Å². The number of rotatable bonds is 11. The molecular weight excluding hydrogens is 342 g/mol. The number of hydrogen-bond donors (Lipinski definition) is 0. The second-order valence-electron chi connectivity index (χ2n) is 5.76. The summed E-state index contributed by atoms with van der Waals surface area (Å²) in [6, 6.07) is 15.1. The van der Waals surface area contributed by atoms with Crippen LogP contribution in [0.15, 0.2) is 66.2 Å². The van der Waals surface area contributed by atoms with Crippen molar-refractivity contribution in [3.05, 3.63) is 66.7 Å². The molecule has 0 radical (unpaired) electrons. The summed E-state index contributed by atoms with van der Waals surface area (Å²) in [5.74, 6) is 0.757. The van der Waals surface area contributed by atoms with E-state index in [0.717, 1.165) is 24.1 Å². The molecule has 0 fully saturated rings. The zero-order valence-electron chi connectivity index (χ0n) is 15.6. The highest BCUT2D eigenvalue weighted by molar-refractivity contribution is 5.85. The van der Waals surface area contributed by atoms with Gasteiger partial charge >= 0.3 is 5.97 Å². The van der Waals surface area contributed by atoms with E-state index in [9.17, 15) is 4.79 Å². The Kier molecular flexibility index (Phi) is 8.63. The van der Waals surface area contributed by atoms with Crippen molar-refractivity contribution in [3.8, 4) is 11.5 Å². The molecule has 0 spiro atoms. The van der Waals surface area contributed by atoms with Gasteiger partial charge in [-0.15, -0.1) is 0 Å². The van der Waals surface area contributed by atoms with Gasteiger partial charge in [-0.2, -0.15) is 0 Å². The van der Waals surface area contributed by atoms with Crippen molar-refractivity contribution < 1.29 is 19.0 Å². The van der Waals surface area contributed by atoms with Crippen LogP contribution in [0.2, 0.25) is 0 Å². The Labute approximate surface area is 160 Å². The first-order valence-corrected chi connectivity index (χ1v) is 8.98. The fourth-order valence-corrected chi connectivity index (χ4v) is 2.16. The van der Waals surface area contributed by atoms with Gasteiger partial charge < -0.3 is 14.2 Å². The fraction of sp³-hybridized carbons (Fsp3) is 0.273. The number of hydrogen-bond acceptors (Lipinski definition) is 5. The number of nitrogens with zero attached hydrogens (tertiary/aromatic N) is 1. The second kappa shape index (κ2) is 11.5. The van der Waals surface area contributed by atoms with Crippen molar-refractivity contribution in [3.63, 3.8) is 0 Å². The monoisotopic (exact) mass is 367 g/mol. The molecule has 0 saturated carbocycles. The molecule has 0 aliphatic rings. The molecule has 0 bridgehead atoms. The summed E-state index contributed by atoms with van der Waals surface area (Å²) in [7, 11) is 0. The number of para-hydroxylation sites is 1. The number of carbonyl (C=O) groups is 1. The lowest BCUT2D eigenvalue weighted by Crippen LogP contribution is -2.14. The van der Waals surface area contributed by atoms with Gasteiger partial charge in [-0.25, -0.2) is 4.79 Å². The molecule has 5 nitrogen and oxygen atoms in total. The van der Waals surface area contributed by atoms with Gasteiger partial charge in [-0.3, -0.25) is 4.99 Å². The Morgan fingerprint density at radius 3 is 2.70 bits per heavy atom. The van der Waals surface area contributed by atoms with Crippen molar-refractivity contribution in [2.75, 3.05) is 19.8 Å². The first-order chi connectivity index (χ1) is 13.2. The Bertz CT molecular complexity index is 756. The summed E-state index contributed by atoms with van der Waals surface area (Å²) < 4.78 is 16.3. The highest BCUT2D eigenvalue weighted by Gasteiger charge is 2.08. The predicted molar refractivity (Wildman–Crippen MR) is 107 cm³/mol. The number of esters is 1. The predicted octanol–water partition coefficient (Wildman–Crippen LogP) is 4.72. The molecule has 0 saturated heterocycles. The number of aliphatic imine (C=N–C) groups is 1. The van der Waals surface area contributed by atoms with E-state index in [4.69, 9.17) is 14.2 Å². The Morgan fingerprint density at radius 2 is 1.96 bits per heavy atom. The normalized spacial score (nSPS) is 10.6. The molecule has 0 N–H and O–H groups in total. The topological polar surface area (TPSA) is 57.1 Å². The third kappa shape index (κ3) is 7.36. The molecule has 2 rings (SSSR count).